The largest absolute Gasteiger partial charge is 0.430 e. The van der Waals surface area contributed by atoms with E-state index in [4.69, 9.17) is 11.1 Å². The number of hydrogen-bond acceptors (Lipinski definition) is 3. The molecule has 3 aromatic rings. The highest BCUT2D eigenvalue weighted by Gasteiger charge is 2.31. The third kappa shape index (κ3) is 4.65. The number of aromatic nitrogens is 2. The number of pyridine rings is 1. The number of nitrogens with two attached hydrogens (primary N) is 1. The van der Waals surface area contributed by atoms with Crippen molar-refractivity contribution < 1.29 is 13.2 Å². The fraction of sp³-hybridized carbons (Fsp3) is 0.333. The Bertz CT molecular complexity index is 1300. The standard InChI is InChI=1S/C27H29F3N4/c1-3-4-5-8-17-13-21-19-9-6-7-10-24(19)34(2)25(21)15-20(17)18-11-12-33-23(14-18)22(31)16-26(32)27(28,29)30/h6,9,11-16,31H,3-5,7-8,10,32H2,1-2H3. The predicted octanol–water partition coefficient (Wildman–Crippen LogP) is 6.71. The molecule has 1 aromatic carbocycles. The van der Waals surface area contributed by atoms with Gasteiger partial charge < -0.3 is 10.3 Å². The molecule has 178 valence electrons. The summed E-state index contributed by atoms with van der Waals surface area (Å²) in [7, 11) is 2.08. The Kier molecular flexibility index (Phi) is 6.64. The van der Waals surface area contributed by atoms with Gasteiger partial charge >= 0.3 is 6.18 Å². The van der Waals surface area contributed by atoms with Crippen LogP contribution in [0, 0.1) is 5.41 Å². The second-order valence-electron chi connectivity index (χ2n) is 8.78. The minimum Gasteiger partial charge on any atom is -0.395 e. The Labute approximate surface area is 197 Å². The summed E-state index contributed by atoms with van der Waals surface area (Å²) in [4.78, 5) is 4.13. The van der Waals surface area contributed by atoms with Crippen LogP contribution in [-0.4, -0.2) is 21.4 Å². The lowest BCUT2D eigenvalue weighted by Gasteiger charge is -2.13. The van der Waals surface area contributed by atoms with Gasteiger partial charge in [0.2, 0.25) is 0 Å². The van der Waals surface area contributed by atoms with E-state index in [-0.39, 0.29) is 11.4 Å². The van der Waals surface area contributed by atoms with Crippen molar-refractivity contribution in [3.8, 4) is 11.1 Å². The van der Waals surface area contributed by atoms with Gasteiger partial charge in [0.1, 0.15) is 5.70 Å². The highest BCUT2D eigenvalue weighted by Crippen LogP contribution is 2.36. The number of rotatable bonds is 7. The number of nitrogens with zero attached hydrogens (tertiary/aromatic N) is 2. The molecule has 0 amide bonds. The number of halogens is 3. The number of alkyl halides is 3. The molecular formula is C27H29F3N4. The molecule has 0 radical (unpaired) electrons. The molecule has 2 aromatic heterocycles. The number of allylic oxidation sites excluding steroid dienone is 3. The van der Waals surface area contributed by atoms with E-state index in [1.807, 2.05) is 6.07 Å². The van der Waals surface area contributed by atoms with Gasteiger partial charge in [0.25, 0.3) is 0 Å². The second-order valence-corrected chi connectivity index (χ2v) is 8.78. The fourth-order valence-electron chi connectivity index (χ4n) is 4.62. The van der Waals surface area contributed by atoms with Crippen molar-refractivity contribution in [3.05, 3.63) is 70.8 Å². The number of fused-ring (bicyclic) bond motifs is 3. The average molecular weight is 467 g/mol. The van der Waals surface area contributed by atoms with Crippen molar-refractivity contribution in [2.75, 3.05) is 0 Å². The minimum absolute atomic E-state index is 0.151. The summed E-state index contributed by atoms with van der Waals surface area (Å²) in [6.07, 6.45) is 8.13. The van der Waals surface area contributed by atoms with E-state index in [0.717, 1.165) is 55.2 Å². The summed E-state index contributed by atoms with van der Waals surface area (Å²) in [5.74, 6) is 0. The summed E-state index contributed by atoms with van der Waals surface area (Å²) >= 11 is 0. The number of aryl methyl sites for hydroxylation is 2. The first-order chi connectivity index (χ1) is 16.2. The van der Waals surface area contributed by atoms with Gasteiger partial charge in [-0.3, -0.25) is 10.4 Å². The first kappa shape index (κ1) is 23.8. The molecule has 0 fully saturated rings. The van der Waals surface area contributed by atoms with Crippen LogP contribution < -0.4 is 5.73 Å². The van der Waals surface area contributed by atoms with Gasteiger partial charge in [-0.25, -0.2) is 0 Å². The Hall–Kier alpha value is -3.35. The van der Waals surface area contributed by atoms with Crippen molar-refractivity contribution in [1.82, 2.24) is 9.55 Å². The van der Waals surface area contributed by atoms with Gasteiger partial charge in [0.15, 0.2) is 0 Å². The molecule has 34 heavy (non-hydrogen) atoms. The van der Waals surface area contributed by atoms with Crippen molar-refractivity contribution >= 4 is 22.7 Å². The molecule has 4 nitrogen and oxygen atoms in total. The summed E-state index contributed by atoms with van der Waals surface area (Å²) in [6.45, 7) is 2.17. The summed E-state index contributed by atoms with van der Waals surface area (Å²) < 4.78 is 40.7. The lowest BCUT2D eigenvalue weighted by Crippen LogP contribution is -2.20. The molecule has 0 atom stereocenters. The summed E-state index contributed by atoms with van der Waals surface area (Å²) in [5.41, 5.74) is 10.4. The van der Waals surface area contributed by atoms with Gasteiger partial charge in [-0.05, 0) is 72.7 Å². The topological polar surface area (TPSA) is 67.7 Å². The van der Waals surface area contributed by atoms with Crippen molar-refractivity contribution in [1.29, 1.82) is 5.41 Å². The number of hydrogen-bond donors (Lipinski definition) is 2. The smallest absolute Gasteiger partial charge is 0.395 e. The summed E-state index contributed by atoms with van der Waals surface area (Å²) in [6, 6.07) is 7.96. The Balaban J connectivity index is 1.82. The Morgan fingerprint density at radius 1 is 1.24 bits per heavy atom. The van der Waals surface area contributed by atoms with Crippen LogP contribution in [0.3, 0.4) is 0 Å². The molecule has 0 saturated heterocycles. The first-order valence-electron chi connectivity index (χ1n) is 11.6. The molecule has 0 unspecified atom stereocenters. The van der Waals surface area contributed by atoms with E-state index >= 15 is 0 Å². The fourth-order valence-corrected chi connectivity index (χ4v) is 4.62. The molecule has 0 aliphatic heterocycles. The molecule has 0 spiro atoms. The third-order valence-electron chi connectivity index (χ3n) is 6.44. The number of nitrogens with one attached hydrogen (secondary N) is 1. The zero-order valence-corrected chi connectivity index (χ0v) is 19.5. The normalized spacial score (nSPS) is 14.0. The van der Waals surface area contributed by atoms with Crippen LogP contribution >= 0.6 is 0 Å². The van der Waals surface area contributed by atoms with Crippen molar-refractivity contribution in [2.24, 2.45) is 12.8 Å². The van der Waals surface area contributed by atoms with E-state index in [0.29, 0.717) is 6.08 Å². The van der Waals surface area contributed by atoms with Crippen LogP contribution in [0.4, 0.5) is 13.2 Å². The van der Waals surface area contributed by atoms with E-state index in [2.05, 4.69) is 47.8 Å². The molecule has 2 heterocycles. The zero-order valence-electron chi connectivity index (χ0n) is 19.5. The second kappa shape index (κ2) is 9.49. The van der Waals surface area contributed by atoms with E-state index in [9.17, 15) is 13.2 Å². The van der Waals surface area contributed by atoms with Crippen molar-refractivity contribution in [2.45, 2.75) is 51.6 Å². The maximum atomic E-state index is 12.8. The molecule has 7 heteroatoms. The number of unbranched alkanes of at least 4 members (excludes halogenated alkanes) is 2. The van der Waals surface area contributed by atoms with Crippen LogP contribution in [0.25, 0.3) is 28.1 Å². The molecule has 3 N–H and O–H groups in total. The van der Waals surface area contributed by atoms with E-state index < -0.39 is 11.9 Å². The minimum atomic E-state index is -4.68. The van der Waals surface area contributed by atoms with E-state index in [1.165, 1.54) is 28.4 Å². The highest BCUT2D eigenvalue weighted by atomic mass is 19.4. The molecule has 1 aliphatic carbocycles. The van der Waals surface area contributed by atoms with E-state index in [1.54, 1.807) is 6.07 Å². The van der Waals surface area contributed by atoms with Crippen LogP contribution in [0.15, 0.2) is 48.3 Å². The zero-order chi connectivity index (χ0) is 24.5. The van der Waals surface area contributed by atoms with Gasteiger partial charge in [-0.2, -0.15) is 13.2 Å². The molecule has 4 rings (SSSR count). The SMILES string of the molecule is CCCCCc1cc2c3c(n(C)c2cc1-c1ccnc(C(=N)C=C(N)C(F)(F)F)c1)CCC=C3. The van der Waals surface area contributed by atoms with Gasteiger partial charge in [-0.15, -0.1) is 0 Å². The lowest BCUT2D eigenvalue weighted by molar-refractivity contribution is -0.0925. The molecule has 0 saturated carbocycles. The molecule has 1 aliphatic rings. The van der Waals surface area contributed by atoms with Crippen LogP contribution in [0.5, 0.6) is 0 Å². The summed E-state index contributed by atoms with van der Waals surface area (Å²) in [5, 5.41) is 9.34. The van der Waals surface area contributed by atoms with Gasteiger partial charge in [0, 0.05) is 35.4 Å². The molecule has 0 bridgehead atoms. The van der Waals surface area contributed by atoms with Crippen molar-refractivity contribution in [3.63, 3.8) is 0 Å². The Morgan fingerprint density at radius 3 is 2.76 bits per heavy atom. The maximum absolute atomic E-state index is 12.8. The lowest BCUT2D eigenvalue weighted by atomic mass is 9.92. The number of benzene rings is 1. The first-order valence-corrected chi connectivity index (χ1v) is 11.6. The Morgan fingerprint density at radius 2 is 2.03 bits per heavy atom. The van der Waals surface area contributed by atoms with Gasteiger partial charge in [-0.1, -0.05) is 31.9 Å². The van der Waals surface area contributed by atoms with Crippen LogP contribution in [-0.2, 0) is 19.9 Å². The maximum Gasteiger partial charge on any atom is 0.430 e. The van der Waals surface area contributed by atoms with Crippen LogP contribution in [0.2, 0.25) is 0 Å². The monoisotopic (exact) mass is 466 g/mol. The van der Waals surface area contributed by atoms with Gasteiger partial charge in [0.05, 0.1) is 11.4 Å². The average Bonchev–Trinajstić information content (AvgIpc) is 3.09. The highest BCUT2D eigenvalue weighted by molar-refractivity contribution is 6.06. The third-order valence-corrected chi connectivity index (χ3v) is 6.44. The predicted molar refractivity (Wildman–Crippen MR) is 132 cm³/mol. The quantitative estimate of drug-likeness (QED) is 0.300. The molecular weight excluding hydrogens is 437 g/mol. The van der Waals surface area contributed by atoms with Crippen LogP contribution in [0.1, 0.15) is 55.1 Å².